The molecule has 0 heterocycles. The van der Waals surface area contributed by atoms with E-state index in [4.69, 9.17) is 5.11 Å². The fourth-order valence-corrected chi connectivity index (χ4v) is 1.32. The molecule has 1 atom stereocenters. The third kappa shape index (κ3) is 3.29. The molecule has 1 rings (SSSR count). The molecule has 1 N–H and O–H groups in total. The summed E-state index contributed by atoms with van der Waals surface area (Å²) in [6.45, 7) is -1.94. The van der Waals surface area contributed by atoms with Crippen molar-refractivity contribution in [3.63, 3.8) is 0 Å². The molecule has 0 aliphatic heterocycles. The highest BCUT2D eigenvalue weighted by atomic mass is 19.4. The highest BCUT2D eigenvalue weighted by Crippen LogP contribution is 2.38. The first-order valence-corrected chi connectivity index (χ1v) is 4.52. The van der Waals surface area contributed by atoms with Crippen LogP contribution in [0.2, 0.25) is 0 Å². The highest BCUT2D eigenvalue weighted by molar-refractivity contribution is 5.42. The summed E-state index contributed by atoms with van der Waals surface area (Å²) >= 11 is 0. The number of rotatable bonds is 3. The number of hydrogen-bond donors (Lipinski definition) is 1. The van der Waals surface area contributed by atoms with Crippen LogP contribution in [0.1, 0.15) is 17.2 Å². The zero-order valence-electron chi connectivity index (χ0n) is 8.63. The van der Waals surface area contributed by atoms with Gasteiger partial charge in [0, 0.05) is 5.56 Å². The summed E-state index contributed by atoms with van der Waals surface area (Å²) in [4.78, 5) is 0. The molecule has 96 valence electrons. The quantitative estimate of drug-likeness (QED) is 0.841. The van der Waals surface area contributed by atoms with Gasteiger partial charge in [0.05, 0.1) is 0 Å². The van der Waals surface area contributed by atoms with Crippen molar-refractivity contribution in [3.8, 4) is 5.75 Å². The van der Waals surface area contributed by atoms with Crippen molar-refractivity contribution in [1.82, 2.24) is 0 Å². The molecule has 0 saturated heterocycles. The second-order valence-corrected chi connectivity index (χ2v) is 3.32. The van der Waals surface area contributed by atoms with Gasteiger partial charge in [-0.1, -0.05) is 18.2 Å². The Morgan fingerprint density at radius 1 is 1.24 bits per heavy atom. The molecule has 2 nitrogen and oxygen atoms in total. The van der Waals surface area contributed by atoms with Crippen LogP contribution in [0.5, 0.6) is 5.75 Å². The van der Waals surface area contributed by atoms with Gasteiger partial charge >= 0.3 is 12.8 Å². The van der Waals surface area contributed by atoms with Gasteiger partial charge in [-0.25, -0.2) is 0 Å². The summed E-state index contributed by atoms with van der Waals surface area (Å²) in [6, 6.07) is 3.42. The average molecular weight is 256 g/mol. The van der Waals surface area contributed by atoms with E-state index in [0.29, 0.717) is 0 Å². The van der Waals surface area contributed by atoms with Crippen LogP contribution in [0.3, 0.4) is 0 Å². The summed E-state index contributed by atoms with van der Waals surface area (Å²) in [5.41, 5.74) is -0.635. The van der Waals surface area contributed by atoms with E-state index in [1.807, 2.05) is 0 Å². The standard InChI is InChI=1S/C10H9F5O2/c1-5-3-2-4-6(7(5)17-9(11)12)8(16)10(13,14)15/h2-4,8-9,16H,1H3. The maximum atomic E-state index is 12.3. The predicted octanol–water partition coefficient (Wildman–Crippen LogP) is 3.19. The second-order valence-electron chi connectivity index (χ2n) is 3.32. The maximum absolute atomic E-state index is 12.3. The van der Waals surface area contributed by atoms with E-state index in [0.717, 1.165) is 6.07 Å². The molecule has 0 fully saturated rings. The molecule has 17 heavy (non-hydrogen) atoms. The van der Waals surface area contributed by atoms with Crippen molar-refractivity contribution in [1.29, 1.82) is 0 Å². The van der Waals surface area contributed by atoms with Crippen LogP contribution in [0.25, 0.3) is 0 Å². The molecule has 0 amide bonds. The van der Waals surface area contributed by atoms with Crippen molar-refractivity contribution in [3.05, 3.63) is 29.3 Å². The van der Waals surface area contributed by atoms with Crippen LogP contribution >= 0.6 is 0 Å². The molecule has 1 aromatic rings. The Morgan fingerprint density at radius 3 is 2.29 bits per heavy atom. The molecule has 0 aliphatic carbocycles. The number of aliphatic hydroxyl groups is 1. The van der Waals surface area contributed by atoms with E-state index in [1.165, 1.54) is 19.1 Å². The number of ether oxygens (including phenoxy) is 1. The molecular weight excluding hydrogens is 247 g/mol. The lowest BCUT2D eigenvalue weighted by atomic mass is 10.0. The summed E-state index contributed by atoms with van der Waals surface area (Å²) in [5, 5.41) is 9.03. The van der Waals surface area contributed by atoms with Crippen molar-refractivity contribution >= 4 is 0 Å². The first kappa shape index (κ1) is 13.7. The van der Waals surface area contributed by atoms with Gasteiger partial charge in [-0.2, -0.15) is 22.0 Å². The van der Waals surface area contributed by atoms with E-state index in [2.05, 4.69) is 4.74 Å². The topological polar surface area (TPSA) is 29.5 Å². The third-order valence-corrected chi connectivity index (χ3v) is 2.05. The zero-order chi connectivity index (χ0) is 13.2. The third-order valence-electron chi connectivity index (χ3n) is 2.05. The highest BCUT2D eigenvalue weighted by Gasteiger charge is 2.41. The van der Waals surface area contributed by atoms with Gasteiger partial charge in [0.15, 0.2) is 6.10 Å². The van der Waals surface area contributed by atoms with E-state index in [1.54, 1.807) is 0 Å². The van der Waals surface area contributed by atoms with Gasteiger partial charge in [-0.05, 0) is 12.5 Å². The van der Waals surface area contributed by atoms with Gasteiger partial charge in [-0.3, -0.25) is 0 Å². The fourth-order valence-electron chi connectivity index (χ4n) is 1.32. The number of halogens is 5. The number of aliphatic hydroxyl groups excluding tert-OH is 1. The normalized spacial score (nSPS) is 13.9. The molecule has 1 aromatic carbocycles. The Kier molecular flexibility index (Phi) is 3.92. The first-order valence-electron chi connectivity index (χ1n) is 4.52. The lowest BCUT2D eigenvalue weighted by molar-refractivity contribution is -0.207. The monoisotopic (exact) mass is 256 g/mol. The minimum absolute atomic E-state index is 0.0890. The molecule has 0 aliphatic rings. The van der Waals surface area contributed by atoms with Gasteiger partial charge in [0.25, 0.3) is 0 Å². The second kappa shape index (κ2) is 4.87. The van der Waals surface area contributed by atoms with Gasteiger partial charge in [0.2, 0.25) is 0 Å². The molecule has 0 bridgehead atoms. The average Bonchev–Trinajstić information content (AvgIpc) is 2.18. The SMILES string of the molecule is Cc1cccc(C(O)C(F)(F)F)c1OC(F)F. The van der Waals surface area contributed by atoms with E-state index in [9.17, 15) is 22.0 Å². The number of alkyl halides is 5. The van der Waals surface area contributed by atoms with Crippen molar-refractivity contribution in [2.75, 3.05) is 0 Å². The Labute approximate surface area is 93.6 Å². The van der Waals surface area contributed by atoms with Crippen molar-refractivity contribution < 1.29 is 31.8 Å². The minimum atomic E-state index is -4.94. The minimum Gasteiger partial charge on any atom is -0.434 e. The first-order chi connectivity index (χ1) is 7.73. The van der Waals surface area contributed by atoms with Crippen LogP contribution in [-0.2, 0) is 0 Å². The summed E-state index contributed by atoms with van der Waals surface area (Å²) in [7, 11) is 0. The summed E-state index contributed by atoms with van der Waals surface area (Å²) in [5.74, 6) is -0.646. The van der Waals surface area contributed by atoms with Crippen LogP contribution in [-0.4, -0.2) is 17.9 Å². The molecular formula is C10H9F5O2. The lowest BCUT2D eigenvalue weighted by Crippen LogP contribution is -2.21. The molecule has 0 saturated carbocycles. The molecule has 1 unspecified atom stereocenters. The van der Waals surface area contributed by atoms with E-state index < -0.39 is 30.2 Å². The Bertz CT molecular complexity index is 389. The number of benzene rings is 1. The number of hydrogen-bond acceptors (Lipinski definition) is 2. The van der Waals surface area contributed by atoms with Crippen LogP contribution in [0.15, 0.2) is 18.2 Å². The van der Waals surface area contributed by atoms with Gasteiger partial charge < -0.3 is 9.84 Å². The Hall–Kier alpha value is -1.37. The molecule has 0 radical (unpaired) electrons. The predicted molar refractivity (Wildman–Crippen MR) is 48.8 cm³/mol. The fraction of sp³-hybridized carbons (Fsp3) is 0.400. The van der Waals surface area contributed by atoms with Crippen molar-refractivity contribution in [2.45, 2.75) is 25.8 Å². The molecule has 7 heteroatoms. The van der Waals surface area contributed by atoms with Crippen LogP contribution < -0.4 is 4.74 Å². The van der Waals surface area contributed by atoms with E-state index >= 15 is 0 Å². The zero-order valence-corrected chi connectivity index (χ0v) is 8.63. The largest absolute Gasteiger partial charge is 0.434 e. The number of para-hydroxylation sites is 1. The van der Waals surface area contributed by atoms with E-state index in [-0.39, 0.29) is 5.56 Å². The maximum Gasteiger partial charge on any atom is 0.418 e. The van der Waals surface area contributed by atoms with Gasteiger partial charge in [-0.15, -0.1) is 0 Å². The Morgan fingerprint density at radius 2 is 1.82 bits per heavy atom. The molecule has 0 spiro atoms. The van der Waals surface area contributed by atoms with Gasteiger partial charge in [0.1, 0.15) is 5.75 Å². The van der Waals surface area contributed by atoms with Crippen LogP contribution in [0, 0.1) is 6.92 Å². The molecule has 0 aromatic heterocycles. The van der Waals surface area contributed by atoms with Crippen LogP contribution in [0.4, 0.5) is 22.0 Å². The summed E-state index contributed by atoms with van der Waals surface area (Å²) < 4.78 is 65.0. The summed E-state index contributed by atoms with van der Waals surface area (Å²) in [6.07, 6.45) is -7.79. The lowest BCUT2D eigenvalue weighted by Gasteiger charge is -2.19. The smallest absolute Gasteiger partial charge is 0.418 e. The Balaban J connectivity index is 3.19. The number of aryl methyl sites for hydroxylation is 1. The van der Waals surface area contributed by atoms with Crippen molar-refractivity contribution in [2.24, 2.45) is 0 Å².